The van der Waals surface area contributed by atoms with Crippen LogP contribution in [0.3, 0.4) is 0 Å². The van der Waals surface area contributed by atoms with Crippen molar-refractivity contribution in [1.82, 2.24) is 15.0 Å². The number of thiophene rings is 1. The molecule has 0 spiro atoms. The second-order valence-corrected chi connectivity index (χ2v) is 13.9. The minimum absolute atomic E-state index is 0.703. The molecule has 4 heteroatoms. The lowest BCUT2D eigenvalue weighted by atomic mass is 9.99. The predicted octanol–water partition coefficient (Wildman–Crippen LogP) is 12.9. The van der Waals surface area contributed by atoms with Crippen LogP contribution in [0.5, 0.6) is 0 Å². The van der Waals surface area contributed by atoms with E-state index in [-0.39, 0.29) is 0 Å². The molecule has 10 rings (SSSR count). The van der Waals surface area contributed by atoms with Crippen LogP contribution in [0, 0.1) is 0 Å². The molecule has 0 unspecified atom stereocenters. The van der Waals surface area contributed by atoms with Gasteiger partial charge in [0.05, 0.1) is 22.6 Å². The van der Waals surface area contributed by atoms with E-state index in [2.05, 4.69) is 152 Å². The molecule has 0 aliphatic carbocycles. The van der Waals surface area contributed by atoms with Crippen LogP contribution < -0.4 is 0 Å². The Morgan fingerprint density at radius 1 is 0.373 bits per heavy atom. The predicted molar refractivity (Wildman–Crippen MR) is 215 cm³/mol. The first-order valence-electron chi connectivity index (χ1n) is 17.1. The van der Waals surface area contributed by atoms with Crippen LogP contribution in [0.15, 0.2) is 176 Å². The van der Waals surface area contributed by atoms with Gasteiger partial charge in [-0.3, -0.25) is 0 Å². The molecule has 0 saturated carbocycles. The number of benzene rings is 7. The summed E-state index contributed by atoms with van der Waals surface area (Å²) in [5, 5.41) is 6.08. The largest absolute Gasteiger partial charge is 0.247 e. The lowest BCUT2D eigenvalue weighted by molar-refractivity contribution is 1.18. The van der Waals surface area contributed by atoms with Crippen LogP contribution >= 0.6 is 11.3 Å². The fourth-order valence-electron chi connectivity index (χ4n) is 7.08. The van der Waals surface area contributed by atoms with Crippen molar-refractivity contribution in [3.8, 4) is 56.3 Å². The highest BCUT2D eigenvalue weighted by atomic mass is 32.1. The fourth-order valence-corrected chi connectivity index (χ4v) is 8.31. The molecular formula is C47H29N3S. The Kier molecular flexibility index (Phi) is 7.00. The topological polar surface area (TPSA) is 38.7 Å². The zero-order valence-corrected chi connectivity index (χ0v) is 28.3. The first kappa shape index (κ1) is 29.4. The van der Waals surface area contributed by atoms with Crippen LogP contribution in [0.1, 0.15) is 0 Å². The monoisotopic (exact) mass is 667 g/mol. The Morgan fingerprint density at radius 3 is 1.59 bits per heavy atom. The molecule has 0 atom stereocenters. The molecule has 238 valence electrons. The van der Waals surface area contributed by atoms with Gasteiger partial charge in [-0.2, -0.15) is 0 Å². The maximum Gasteiger partial charge on any atom is 0.160 e. The molecule has 0 bridgehead atoms. The quantitative estimate of drug-likeness (QED) is 0.171. The maximum atomic E-state index is 5.37. The van der Waals surface area contributed by atoms with Crippen molar-refractivity contribution in [2.75, 3.05) is 0 Å². The van der Waals surface area contributed by atoms with Crippen molar-refractivity contribution >= 4 is 53.2 Å². The summed E-state index contributed by atoms with van der Waals surface area (Å²) < 4.78 is 2.55. The number of fused-ring (bicyclic) bond motifs is 6. The highest BCUT2D eigenvalue weighted by Crippen LogP contribution is 2.43. The van der Waals surface area contributed by atoms with Gasteiger partial charge in [-0.15, -0.1) is 11.3 Å². The van der Waals surface area contributed by atoms with Crippen molar-refractivity contribution in [3.63, 3.8) is 0 Å². The van der Waals surface area contributed by atoms with E-state index in [4.69, 9.17) is 15.0 Å². The molecule has 3 heterocycles. The molecular weight excluding hydrogens is 639 g/mol. The molecule has 7 aromatic carbocycles. The van der Waals surface area contributed by atoms with Crippen LogP contribution in [0.25, 0.3) is 98.1 Å². The zero-order valence-electron chi connectivity index (χ0n) is 27.5. The summed E-state index contributed by atoms with van der Waals surface area (Å²) in [7, 11) is 0. The third kappa shape index (κ3) is 5.25. The minimum atomic E-state index is 0.703. The van der Waals surface area contributed by atoms with Gasteiger partial charge in [0.25, 0.3) is 0 Å². The standard InChI is InChI=1S/C47H29N3S/c1-3-11-30(12-4-1)31-19-21-32(22-20-31)40-29-41(50-47(49-40)35-13-5-2-6-14-35)33-23-25-34(26-24-33)45-44-38-17-9-10-18-43(38)51-46(44)39-27-36-15-7-8-16-37(36)28-42(39)48-45/h1-29H. The second-order valence-electron chi connectivity index (χ2n) is 12.8. The van der Waals surface area contributed by atoms with Crippen LogP contribution in [0.2, 0.25) is 0 Å². The summed E-state index contributed by atoms with van der Waals surface area (Å²) in [6.07, 6.45) is 0. The summed E-state index contributed by atoms with van der Waals surface area (Å²) in [4.78, 5) is 15.5. The number of pyridine rings is 1. The highest BCUT2D eigenvalue weighted by molar-refractivity contribution is 7.26. The normalized spacial score (nSPS) is 11.5. The van der Waals surface area contributed by atoms with E-state index in [1.165, 1.54) is 47.5 Å². The molecule has 3 aromatic heterocycles. The van der Waals surface area contributed by atoms with E-state index < -0.39 is 0 Å². The lowest BCUT2D eigenvalue weighted by Crippen LogP contribution is -1.96. The molecule has 0 N–H and O–H groups in total. The maximum absolute atomic E-state index is 5.37. The SMILES string of the molecule is c1ccc(-c2ccc(-c3cc(-c4ccc(-c5nc6cc7ccccc7cc6c6sc7ccccc7c56)cc4)nc(-c4ccccc4)n3)cc2)cc1. The summed E-state index contributed by atoms with van der Waals surface area (Å²) in [6.45, 7) is 0. The number of aromatic nitrogens is 3. The van der Waals surface area contributed by atoms with E-state index in [0.29, 0.717) is 5.82 Å². The van der Waals surface area contributed by atoms with Gasteiger partial charge in [0.1, 0.15) is 0 Å². The molecule has 0 radical (unpaired) electrons. The third-order valence-corrected chi connectivity index (χ3v) is 10.9. The van der Waals surface area contributed by atoms with Gasteiger partial charge < -0.3 is 0 Å². The van der Waals surface area contributed by atoms with Crippen molar-refractivity contribution < 1.29 is 0 Å². The molecule has 51 heavy (non-hydrogen) atoms. The third-order valence-electron chi connectivity index (χ3n) is 9.67. The van der Waals surface area contributed by atoms with Crippen molar-refractivity contribution in [3.05, 3.63) is 176 Å². The smallest absolute Gasteiger partial charge is 0.160 e. The van der Waals surface area contributed by atoms with Gasteiger partial charge in [-0.05, 0) is 46.2 Å². The van der Waals surface area contributed by atoms with Crippen LogP contribution in [-0.2, 0) is 0 Å². The lowest BCUT2D eigenvalue weighted by Gasteiger charge is -2.12. The first-order valence-corrected chi connectivity index (χ1v) is 17.9. The summed E-state index contributed by atoms with van der Waals surface area (Å²) in [6, 6.07) is 61.9. The Balaban J connectivity index is 1.10. The number of hydrogen-bond acceptors (Lipinski definition) is 4. The Hall–Kier alpha value is -6.49. The fraction of sp³-hybridized carbons (Fsp3) is 0. The van der Waals surface area contributed by atoms with E-state index in [1.807, 2.05) is 35.6 Å². The van der Waals surface area contributed by atoms with Gasteiger partial charge in [-0.1, -0.05) is 152 Å². The van der Waals surface area contributed by atoms with Gasteiger partial charge in [-0.25, -0.2) is 15.0 Å². The number of hydrogen-bond donors (Lipinski definition) is 0. The molecule has 0 amide bonds. The Morgan fingerprint density at radius 2 is 0.902 bits per heavy atom. The molecule has 0 fully saturated rings. The van der Waals surface area contributed by atoms with Crippen molar-refractivity contribution in [2.24, 2.45) is 0 Å². The van der Waals surface area contributed by atoms with Gasteiger partial charge in [0.15, 0.2) is 5.82 Å². The summed E-state index contributed by atoms with van der Waals surface area (Å²) in [5.74, 6) is 0.703. The van der Waals surface area contributed by atoms with Crippen LogP contribution in [-0.4, -0.2) is 15.0 Å². The zero-order chi connectivity index (χ0) is 33.7. The Labute approximate surface area is 299 Å². The molecule has 3 nitrogen and oxygen atoms in total. The van der Waals surface area contributed by atoms with Crippen molar-refractivity contribution in [1.29, 1.82) is 0 Å². The Bertz CT molecular complexity index is 2880. The summed E-state index contributed by atoms with van der Waals surface area (Å²) >= 11 is 1.85. The molecule has 0 aliphatic heterocycles. The first-order chi connectivity index (χ1) is 25.2. The summed E-state index contributed by atoms with van der Waals surface area (Å²) in [5.41, 5.74) is 10.3. The molecule has 10 aromatic rings. The highest BCUT2D eigenvalue weighted by Gasteiger charge is 2.18. The van der Waals surface area contributed by atoms with E-state index in [0.717, 1.165) is 44.9 Å². The molecule has 0 aliphatic rings. The molecule has 0 saturated heterocycles. The van der Waals surface area contributed by atoms with Gasteiger partial charge in [0.2, 0.25) is 0 Å². The second kappa shape index (κ2) is 12.1. The van der Waals surface area contributed by atoms with Crippen molar-refractivity contribution in [2.45, 2.75) is 0 Å². The van der Waals surface area contributed by atoms with Crippen LogP contribution in [0.4, 0.5) is 0 Å². The van der Waals surface area contributed by atoms with Gasteiger partial charge >= 0.3 is 0 Å². The van der Waals surface area contributed by atoms with Gasteiger partial charge in [0, 0.05) is 47.8 Å². The van der Waals surface area contributed by atoms with E-state index >= 15 is 0 Å². The number of rotatable bonds is 5. The number of nitrogens with zero attached hydrogens (tertiary/aromatic N) is 3. The van der Waals surface area contributed by atoms with E-state index in [1.54, 1.807) is 0 Å². The average Bonchev–Trinajstić information content (AvgIpc) is 3.61. The minimum Gasteiger partial charge on any atom is -0.247 e. The van der Waals surface area contributed by atoms with E-state index in [9.17, 15) is 0 Å². The average molecular weight is 668 g/mol.